The van der Waals surface area contributed by atoms with Crippen LogP contribution in [0.5, 0.6) is 0 Å². The first-order chi connectivity index (χ1) is 15.6. The average molecular weight is 461 g/mol. The van der Waals surface area contributed by atoms with Crippen LogP contribution in [0.15, 0.2) is 34.2 Å². The Labute approximate surface area is 187 Å². The highest BCUT2D eigenvalue weighted by Crippen LogP contribution is 2.17. The smallest absolute Gasteiger partial charge is 0.375 e. The summed E-state index contributed by atoms with van der Waals surface area (Å²) >= 11 is 0. The van der Waals surface area contributed by atoms with Crippen LogP contribution in [0.4, 0.5) is 27.9 Å². The quantitative estimate of drug-likeness (QED) is 0.138. The number of nitrogen functional groups attached to an aromatic ring is 1. The number of anilines is 3. The normalized spacial score (nSPS) is 10.9. The number of carbonyl (C=O) groups excluding carboxylic acids is 2. The van der Waals surface area contributed by atoms with Gasteiger partial charge in [-0.3, -0.25) is 19.9 Å². The van der Waals surface area contributed by atoms with Gasteiger partial charge in [0.1, 0.15) is 0 Å². The Morgan fingerprint density at radius 3 is 2.58 bits per heavy atom. The zero-order chi connectivity index (χ0) is 24.5. The van der Waals surface area contributed by atoms with Gasteiger partial charge in [0.2, 0.25) is 11.8 Å². The van der Waals surface area contributed by atoms with Gasteiger partial charge in [-0.15, -0.1) is 0 Å². The van der Waals surface area contributed by atoms with Crippen molar-refractivity contribution in [2.24, 2.45) is 10.8 Å². The van der Waals surface area contributed by atoms with Crippen LogP contribution in [-0.4, -0.2) is 59.9 Å². The Balaban J connectivity index is 2.12. The van der Waals surface area contributed by atoms with Gasteiger partial charge in [0.15, 0.2) is 0 Å². The van der Waals surface area contributed by atoms with E-state index in [9.17, 15) is 24.5 Å². The molecule has 1 aromatic heterocycles. The molecule has 2 amide bonds. The summed E-state index contributed by atoms with van der Waals surface area (Å²) in [5, 5.41) is 17.7. The monoisotopic (exact) mass is 461 g/mol. The molecule has 2 rings (SSSR count). The van der Waals surface area contributed by atoms with Gasteiger partial charge in [-0.25, -0.2) is 15.0 Å². The van der Waals surface area contributed by atoms with E-state index in [1.54, 1.807) is 31.3 Å². The number of nitrogens with one attached hydrogen (secondary N) is 3. The highest BCUT2D eigenvalue weighted by molar-refractivity contribution is 5.90. The van der Waals surface area contributed by atoms with Crippen molar-refractivity contribution in [1.29, 1.82) is 0 Å². The SMILES string of the molecule is COC(=O)c1ccc(N(C)CC/C(CNc2nc(N)[nH]c(=O)c2[N+](=O)[O-])=N\NC(N)=O)cc1. The van der Waals surface area contributed by atoms with Crippen LogP contribution in [-0.2, 0) is 4.74 Å². The number of hydrogen-bond acceptors (Lipinski definition) is 11. The summed E-state index contributed by atoms with van der Waals surface area (Å²) in [4.78, 5) is 52.4. The summed E-state index contributed by atoms with van der Waals surface area (Å²) in [5.41, 5.74) is 12.3. The lowest BCUT2D eigenvalue weighted by Gasteiger charge is -2.20. The number of nitrogens with two attached hydrogens (primary N) is 2. The predicted molar refractivity (Wildman–Crippen MR) is 120 cm³/mol. The minimum atomic E-state index is -1.01. The Bertz CT molecular complexity index is 1110. The molecule has 0 saturated heterocycles. The number of hydrazone groups is 1. The molecule has 7 N–H and O–H groups in total. The molecule has 0 aliphatic carbocycles. The van der Waals surface area contributed by atoms with Crippen LogP contribution in [0.25, 0.3) is 0 Å². The Kier molecular flexibility index (Phi) is 8.25. The van der Waals surface area contributed by atoms with Gasteiger partial charge < -0.3 is 26.4 Å². The molecule has 0 bridgehead atoms. The van der Waals surface area contributed by atoms with Crippen LogP contribution in [0.1, 0.15) is 16.8 Å². The van der Waals surface area contributed by atoms with Gasteiger partial charge in [-0.05, 0) is 24.3 Å². The van der Waals surface area contributed by atoms with Crippen molar-refractivity contribution in [3.05, 3.63) is 50.3 Å². The van der Waals surface area contributed by atoms with E-state index < -0.39 is 28.2 Å². The second kappa shape index (κ2) is 11.1. The number of benzene rings is 1. The molecule has 1 aromatic carbocycles. The van der Waals surface area contributed by atoms with Gasteiger partial charge in [-0.1, -0.05) is 0 Å². The van der Waals surface area contributed by atoms with Gasteiger partial charge in [0, 0.05) is 25.7 Å². The van der Waals surface area contributed by atoms with Crippen molar-refractivity contribution >= 4 is 40.9 Å². The van der Waals surface area contributed by atoms with E-state index in [2.05, 4.69) is 30.5 Å². The summed E-state index contributed by atoms with van der Waals surface area (Å²) < 4.78 is 4.67. The topological polar surface area (TPSA) is 224 Å². The van der Waals surface area contributed by atoms with Gasteiger partial charge in [0.05, 0.1) is 29.9 Å². The highest BCUT2D eigenvalue weighted by Gasteiger charge is 2.22. The lowest BCUT2D eigenvalue weighted by atomic mass is 10.2. The third-order valence-corrected chi connectivity index (χ3v) is 4.34. The van der Waals surface area contributed by atoms with E-state index in [0.29, 0.717) is 17.8 Å². The van der Waals surface area contributed by atoms with E-state index in [1.807, 2.05) is 4.90 Å². The maximum atomic E-state index is 11.8. The van der Waals surface area contributed by atoms with Gasteiger partial charge in [0.25, 0.3) is 0 Å². The first-order valence-corrected chi connectivity index (χ1v) is 9.40. The zero-order valence-corrected chi connectivity index (χ0v) is 17.8. The van der Waals surface area contributed by atoms with Crippen molar-refractivity contribution in [1.82, 2.24) is 15.4 Å². The molecule has 0 aliphatic heterocycles. The van der Waals surface area contributed by atoms with Crippen molar-refractivity contribution in [3.8, 4) is 0 Å². The number of rotatable bonds is 10. The summed E-state index contributed by atoms with van der Waals surface area (Å²) in [6.07, 6.45) is 0.287. The number of hydrogen-bond donors (Lipinski definition) is 5. The Morgan fingerprint density at radius 2 is 2.00 bits per heavy atom. The number of ether oxygens (including phenoxy) is 1. The molecule has 0 radical (unpaired) electrons. The number of carbonyl (C=O) groups is 2. The number of aromatic nitrogens is 2. The summed E-state index contributed by atoms with van der Waals surface area (Å²) in [6.45, 7) is 0.303. The largest absolute Gasteiger partial charge is 0.465 e. The van der Waals surface area contributed by atoms with Crippen LogP contribution < -0.4 is 32.7 Å². The molecule has 0 spiro atoms. The number of aromatic amines is 1. The molecule has 0 atom stereocenters. The third kappa shape index (κ3) is 6.91. The standard InChI is InChI=1S/C18H23N9O6/c1-26(12-5-3-10(4-6-12)16(29)33-2)8-7-11(24-25-18(20)30)9-21-14-13(27(31)32)15(28)23-17(19)22-14/h3-6H,7-9H2,1-2H3,(H3,20,25,30)(H4,19,21,22,23,28)/b24-11+. The van der Waals surface area contributed by atoms with Crippen LogP contribution in [0, 0.1) is 10.1 Å². The molecule has 33 heavy (non-hydrogen) atoms. The highest BCUT2D eigenvalue weighted by atomic mass is 16.6. The van der Waals surface area contributed by atoms with Crippen LogP contribution >= 0.6 is 0 Å². The second-order valence-electron chi connectivity index (χ2n) is 6.62. The van der Waals surface area contributed by atoms with Crippen molar-refractivity contribution in [2.75, 3.05) is 43.2 Å². The maximum absolute atomic E-state index is 11.8. The molecule has 15 heteroatoms. The number of urea groups is 1. The van der Waals surface area contributed by atoms with Crippen molar-refractivity contribution < 1.29 is 19.2 Å². The number of amides is 2. The first kappa shape index (κ1) is 24.6. The summed E-state index contributed by atoms with van der Waals surface area (Å²) in [7, 11) is 3.09. The van der Waals surface area contributed by atoms with Crippen LogP contribution in [0.3, 0.4) is 0 Å². The van der Waals surface area contributed by atoms with E-state index in [-0.39, 0.29) is 24.7 Å². The molecule has 0 fully saturated rings. The van der Waals surface area contributed by atoms with E-state index >= 15 is 0 Å². The molecule has 2 aromatic rings. The number of nitrogens with zero attached hydrogens (tertiary/aromatic N) is 4. The fourth-order valence-electron chi connectivity index (χ4n) is 2.68. The number of primary amides is 1. The number of methoxy groups -OCH3 is 1. The third-order valence-electron chi connectivity index (χ3n) is 4.34. The predicted octanol–water partition coefficient (Wildman–Crippen LogP) is 0.00960. The molecule has 0 saturated carbocycles. The average Bonchev–Trinajstić information content (AvgIpc) is 2.76. The molecule has 0 unspecified atom stereocenters. The van der Waals surface area contributed by atoms with E-state index in [1.165, 1.54) is 7.11 Å². The summed E-state index contributed by atoms with van der Waals surface area (Å²) in [6, 6.07) is 5.80. The van der Waals surface area contributed by atoms with Crippen molar-refractivity contribution in [2.45, 2.75) is 6.42 Å². The number of nitro groups is 1. The number of H-pyrrole nitrogens is 1. The first-order valence-electron chi connectivity index (χ1n) is 9.40. The Morgan fingerprint density at radius 1 is 1.33 bits per heavy atom. The minimum Gasteiger partial charge on any atom is -0.465 e. The second-order valence-corrected chi connectivity index (χ2v) is 6.62. The zero-order valence-electron chi connectivity index (χ0n) is 17.8. The minimum absolute atomic E-state index is 0.105. The van der Waals surface area contributed by atoms with Gasteiger partial charge >= 0.3 is 23.2 Å². The van der Waals surface area contributed by atoms with Crippen LogP contribution in [0.2, 0.25) is 0 Å². The lowest BCUT2D eigenvalue weighted by Crippen LogP contribution is -2.30. The van der Waals surface area contributed by atoms with E-state index in [4.69, 9.17) is 11.5 Å². The molecule has 15 nitrogen and oxygen atoms in total. The fourth-order valence-corrected chi connectivity index (χ4v) is 2.68. The van der Waals surface area contributed by atoms with E-state index in [0.717, 1.165) is 5.69 Å². The Hall–Kier alpha value is -4.69. The molecule has 176 valence electrons. The molecular weight excluding hydrogens is 438 g/mol. The lowest BCUT2D eigenvalue weighted by molar-refractivity contribution is -0.385. The fraction of sp³-hybridized carbons (Fsp3) is 0.278. The molecule has 1 heterocycles. The van der Waals surface area contributed by atoms with Crippen molar-refractivity contribution in [3.63, 3.8) is 0 Å². The molecular formula is C18H23N9O6. The number of esters is 1. The summed E-state index contributed by atoms with van der Waals surface area (Å²) in [5.74, 6) is -1.11. The molecule has 0 aliphatic rings. The maximum Gasteiger partial charge on any atom is 0.375 e. The van der Waals surface area contributed by atoms with Gasteiger partial charge in [-0.2, -0.15) is 10.1 Å².